The molecule has 7 heteroatoms. The van der Waals surface area contributed by atoms with E-state index in [0.717, 1.165) is 0 Å². The lowest BCUT2D eigenvalue weighted by Gasteiger charge is -2.21. The molecule has 22 heavy (non-hydrogen) atoms. The van der Waals surface area contributed by atoms with Gasteiger partial charge in [0, 0.05) is 10.6 Å². The van der Waals surface area contributed by atoms with E-state index in [0.29, 0.717) is 10.6 Å². The summed E-state index contributed by atoms with van der Waals surface area (Å²) in [6.07, 6.45) is 0. The van der Waals surface area contributed by atoms with Crippen molar-refractivity contribution in [1.29, 1.82) is 0 Å². The quantitative estimate of drug-likeness (QED) is 0.774. The standard InChI is InChI=1S/C15H19ClN2O4/c1-9(2)13(15(21)17-8-12(19)22-3)18-14(20)10-4-6-11(16)7-5-10/h4-7,9,13H,8H2,1-3H3,(H,17,21)(H,18,20)/t13-/m0/s1. The van der Waals surface area contributed by atoms with Crippen molar-refractivity contribution in [3.63, 3.8) is 0 Å². The third kappa shape index (κ3) is 5.37. The molecule has 1 rings (SSSR count). The lowest BCUT2D eigenvalue weighted by Crippen LogP contribution is -2.50. The highest BCUT2D eigenvalue weighted by Gasteiger charge is 2.25. The molecular weight excluding hydrogens is 308 g/mol. The topological polar surface area (TPSA) is 84.5 Å². The molecule has 0 saturated carbocycles. The van der Waals surface area contributed by atoms with E-state index in [1.165, 1.54) is 7.11 Å². The Morgan fingerprint density at radius 1 is 1.18 bits per heavy atom. The maximum Gasteiger partial charge on any atom is 0.325 e. The molecule has 2 N–H and O–H groups in total. The van der Waals surface area contributed by atoms with Gasteiger partial charge in [0.05, 0.1) is 7.11 Å². The maximum atomic E-state index is 12.1. The Kier molecular flexibility index (Phi) is 6.85. The SMILES string of the molecule is COC(=O)CNC(=O)[C@@H](NC(=O)c1ccc(Cl)cc1)C(C)C. The van der Waals surface area contributed by atoms with Gasteiger partial charge in [-0.3, -0.25) is 14.4 Å². The van der Waals surface area contributed by atoms with Crippen LogP contribution in [0.15, 0.2) is 24.3 Å². The number of hydrogen-bond donors (Lipinski definition) is 2. The van der Waals surface area contributed by atoms with Crippen LogP contribution in [0.4, 0.5) is 0 Å². The van der Waals surface area contributed by atoms with Gasteiger partial charge in [-0.25, -0.2) is 0 Å². The van der Waals surface area contributed by atoms with Crippen molar-refractivity contribution in [2.45, 2.75) is 19.9 Å². The first kappa shape index (κ1) is 18.0. The molecule has 0 aromatic heterocycles. The molecule has 0 heterocycles. The predicted molar refractivity (Wildman–Crippen MR) is 82.6 cm³/mol. The Balaban J connectivity index is 2.71. The number of rotatable bonds is 6. The Hall–Kier alpha value is -2.08. The van der Waals surface area contributed by atoms with Gasteiger partial charge in [0.15, 0.2) is 0 Å². The second-order valence-corrected chi connectivity index (χ2v) is 5.43. The minimum Gasteiger partial charge on any atom is -0.468 e. The second-order valence-electron chi connectivity index (χ2n) is 5.00. The van der Waals surface area contributed by atoms with Gasteiger partial charge in [0.25, 0.3) is 5.91 Å². The van der Waals surface area contributed by atoms with E-state index in [9.17, 15) is 14.4 Å². The molecule has 0 spiro atoms. The van der Waals surface area contributed by atoms with Crippen molar-refractivity contribution in [3.8, 4) is 0 Å². The molecule has 1 aromatic rings. The van der Waals surface area contributed by atoms with Gasteiger partial charge >= 0.3 is 5.97 Å². The molecule has 0 saturated heterocycles. The number of esters is 1. The molecule has 1 atom stereocenters. The number of halogens is 1. The zero-order chi connectivity index (χ0) is 16.7. The van der Waals surface area contributed by atoms with Crippen LogP contribution >= 0.6 is 11.6 Å². The van der Waals surface area contributed by atoms with Gasteiger partial charge < -0.3 is 15.4 Å². The number of carbonyl (C=O) groups is 3. The molecule has 0 radical (unpaired) electrons. The number of carbonyl (C=O) groups excluding carboxylic acids is 3. The van der Waals surface area contributed by atoms with Gasteiger partial charge in [-0.1, -0.05) is 25.4 Å². The minimum atomic E-state index is -0.757. The number of methoxy groups -OCH3 is 1. The van der Waals surface area contributed by atoms with E-state index >= 15 is 0 Å². The molecule has 0 bridgehead atoms. The number of nitrogens with one attached hydrogen (secondary N) is 2. The Morgan fingerprint density at radius 2 is 1.77 bits per heavy atom. The Morgan fingerprint density at radius 3 is 2.27 bits per heavy atom. The summed E-state index contributed by atoms with van der Waals surface area (Å²) in [7, 11) is 1.23. The summed E-state index contributed by atoms with van der Waals surface area (Å²) in [4.78, 5) is 35.3. The van der Waals surface area contributed by atoms with Crippen molar-refractivity contribution in [3.05, 3.63) is 34.9 Å². The fraction of sp³-hybridized carbons (Fsp3) is 0.400. The van der Waals surface area contributed by atoms with E-state index in [1.807, 2.05) is 0 Å². The fourth-order valence-electron chi connectivity index (χ4n) is 1.70. The van der Waals surface area contributed by atoms with Crippen LogP contribution in [0.1, 0.15) is 24.2 Å². The molecule has 120 valence electrons. The van der Waals surface area contributed by atoms with Crippen molar-refractivity contribution >= 4 is 29.4 Å². The first-order chi connectivity index (χ1) is 10.3. The summed E-state index contributed by atoms with van der Waals surface area (Å²) in [6.45, 7) is 3.35. The second kappa shape index (κ2) is 8.38. The number of hydrogen-bond acceptors (Lipinski definition) is 4. The summed E-state index contributed by atoms with van der Waals surface area (Å²) in [5, 5.41) is 5.60. The van der Waals surface area contributed by atoms with E-state index in [-0.39, 0.29) is 18.4 Å². The molecule has 0 aliphatic heterocycles. The highest BCUT2D eigenvalue weighted by molar-refractivity contribution is 6.30. The number of amides is 2. The van der Waals surface area contributed by atoms with Gasteiger partial charge in [0.1, 0.15) is 12.6 Å². The van der Waals surface area contributed by atoms with Crippen LogP contribution in [0.25, 0.3) is 0 Å². The van der Waals surface area contributed by atoms with Crippen molar-refractivity contribution in [1.82, 2.24) is 10.6 Å². The maximum absolute atomic E-state index is 12.1. The van der Waals surface area contributed by atoms with Crippen LogP contribution in [0, 0.1) is 5.92 Å². The first-order valence-electron chi connectivity index (χ1n) is 6.76. The largest absolute Gasteiger partial charge is 0.468 e. The summed E-state index contributed by atoms with van der Waals surface area (Å²) in [6, 6.07) is 5.58. The van der Waals surface area contributed by atoms with Crippen LogP contribution in [0.3, 0.4) is 0 Å². The van der Waals surface area contributed by atoms with E-state index in [1.54, 1.807) is 38.1 Å². The van der Waals surface area contributed by atoms with Crippen LogP contribution in [-0.2, 0) is 14.3 Å². The predicted octanol–water partition coefficient (Wildman–Crippen LogP) is 1.38. The highest BCUT2D eigenvalue weighted by atomic mass is 35.5. The molecular formula is C15H19ClN2O4. The fourth-order valence-corrected chi connectivity index (χ4v) is 1.83. The highest BCUT2D eigenvalue weighted by Crippen LogP contribution is 2.10. The Labute approximate surface area is 134 Å². The average Bonchev–Trinajstić information content (AvgIpc) is 2.49. The van der Waals surface area contributed by atoms with E-state index < -0.39 is 17.9 Å². The van der Waals surface area contributed by atoms with Crippen LogP contribution in [-0.4, -0.2) is 37.5 Å². The van der Waals surface area contributed by atoms with Gasteiger partial charge in [-0.2, -0.15) is 0 Å². The van der Waals surface area contributed by atoms with E-state index in [2.05, 4.69) is 15.4 Å². The Bertz CT molecular complexity index is 543. The summed E-state index contributed by atoms with van der Waals surface area (Å²) in [5.74, 6) is -1.53. The summed E-state index contributed by atoms with van der Waals surface area (Å²) < 4.78 is 4.45. The number of ether oxygens (including phenoxy) is 1. The van der Waals surface area contributed by atoms with Gasteiger partial charge in [0.2, 0.25) is 5.91 Å². The molecule has 2 amide bonds. The monoisotopic (exact) mass is 326 g/mol. The molecule has 1 aromatic carbocycles. The molecule has 0 aliphatic rings. The van der Waals surface area contributed by atoms with Crippen LogP contribution < -0.4 is 10.6 Å². The third-order valence-electron chi connectivity index (χ3n) is 2.98. The number of benzene rings is 1. The van der Waals surface area contributed by atoms with Crippen molar-refractivity contribution in [2.75, 3.05) is 13.7 Å². The first-order valence-corrected chi connectivity index (χ1v) is 7.14. The van der Waals surface area contributed by atoms with Crippen molar-refractivity contribution in [2.24, 2.45) is 5.92 Å². The van der Waals surface area contributed by atoms with Crippen molar-refractivity contribution < 1.29 is 19.1 Å². The zero-order valence-electron chi connectivity index (χ0n) is 12.7. The minimum absolute atomic E-state index is 0.145. The van der Waals surface area contributed by atoms with Crippen LogP contribution in [0.5, 0.6) is 0 Å². The average molecular weight is 327 g/mol. The lowest BCUT2D eigenvalue weighted by molar-refractivity contribution is -0.141. The van der Waals surface area contributed by atoms with Crippen LogP contribution in [0.2, 0.25) is 5.02 Å². The summed E-state index contributed by atoms with van der Waals surface area (Å²) >= 11 is 5.77. The molecule has 0 unspecified atom stereocenters. The zero-order valence-corrected chi connectivity index (χ0v) is 13.4. The lowest BCUT2D eigenvalue weighted by atomic mass is 10.0. The molecule has 6 nitrogen and oxygen atoms in total. The smallest absolute Gasteiger partial charge is 0.325 e. The normalized spacial score (nSPS) is 11.7. The summed E-state index contributed by atoms with van der Waals surface area (Å²) in [5.41, 5.74) is 0.399. The van der Waals surface area contributed by atoms with E-state index in [4.69, 9.17) is 11.6 Å². The van der Waals surface area contributed by atoms with Gasteiger partial charge in [-0.05, 0) is 30.2 Å². The molecule has 0 fully saturated rings. The molecule has 0 aliphatic carbocycles. The van der Waals surface area contributed by atoms with Gasteiger partial charge in [-0.15, -0.1) is 0 Å². The third-order valence-corrected chi connectivity index (χ3v) is 3.23.